The van der Waals surface area contributed by atoms with Gasteiger partial charge in [0.15, 0.2) is 0 Å². The first-order chi connectivity index (χ1) is 12.2. The lowest BCUT2D eigenvalue weighted by Crippen LogP contribution is -2.43. The second-order valence-corrected chi connectivity index (χ2v) is 12.6. The SMILES string of the molecule is C=C[Si](C=C)(CC)c1ccc(C(=O)OOC2CC(C)CC(C)(C)C2)cc1. The van der Waals surface area contributed by atoms with Crippen molar-refractivity contribution in [1.82, 2.24) is 0 Å². The second-order valence-electron chi connectivity index (χ2n) is 8.38. The van der Waals surface area contributed by atoms with Gasteiger partial charge in [-0.1, -0.05) is 56.4 Å². The molecule has 1 aromatic rings. The Kier molecular flexibility index (Phi) is 6.64. The molecular weight excluding hydrogens is 340 g/mol. The maximum atomic E-state index is 12.3. The topological polar surface area (TPSA) is 35.5 Å². The standard InChI is InChI=1S/C22H32O3Si/c1-7-26(8-2,9-3)20-12-10-18(11-13-20)21(23)25-24-19-14-17(4)15-22(5,6)16-19/h7-8,10-13,17,19H,1-2,9,14-16H2,3-6H3. The summed E-state index contributed by atoms with van der Waals surface area (Å²) >= 11 is 0. The van der Waals surface area contributed by atoms with E-state index < -0.39 is 14.0 Å². The summed E-state index contributed by atoms with van der Waals surface area (Å²) in [4.78, 5) is 23.0. The van der Waals surface area contributed by atoms with E-state index in [1.165, 1.54) is 11.6 Å². The van der Waals surface area contributed by atoms with Crippen molar-refractivity contribution >= 4 is 19.2 Å². The van der Waals surface area contributed by atoms with Crippen LogP contribution < -0.4 is 5.19 Å². The molecule has 26 heavy (non-hydrogen) atoms. The van der Waals surface area contributed by atoms with Gasteiger partial charge < -0.3 is 0 Å². The molecular formula is C22H32O3Si. The molecule has 1 aromatic carbocycles. The summed E-state index contributed by atoms with van der Waals surface area (Å²) in [6.45, 7) is 16.8. The summed E-state index contributed by atoms with van der Waals surface area (Å²) in [5.74, 6) is 0.139. The zero-order chi connectivity index (χ0) is 19.4. The zero-order valence-corrected chi connectivity index (χ0v) is 17.6. The Labute approximate surface area is 159 Å². The van der Waals surface area contributed by atoms with E-state index in [9.17, 15) is 4.79 Å². The van der Waals surface area contributed by atoms with Crippen LogP contribution in [0, 0.1) is 11.3 Å². The van der Waals surface area contributed by atoms with Crippen LogP contribution in [0.3, 0.4) is 0 Å². The molecule has 4 heteroatoms. The normalized spacial score (nSPS) is 22.5. The quantitative estimate of drug-likeness (QED) is 0.379. The fourth-order valence-electron chi connectivity index (χ4n) is 4.22. The van der Waals surface area contributed by atoms with Gasteiger partial charge >= 0.3 is 5.97 Å². The van der Waals surface area contributed by atoms with E-state index in [1.807, 2.05) is 23.5 Å². The van der Waals surface area contributed by atoms with Crippen molar-refractivity contribution in [3.63, 3.8) is 0 Å². The van der Waals surface area contributed by atoms with Crippen LogP contribution in [0.2, 0.25) is 6.04 Å². The van der Waals surface area contributed by atoms with Gasteiger partial charge in [0.05, 0.1) is 5.56 Å². The summed E-state index contributed by atoms with van der Waals surface area (Å²) < 4.78 is 0. The van der Waals surface area contributed by atoms with Gasteiger partial charge in [-0.25, -0.2) is 4.79 Å². The van der Waals surface area contributed by atoms with Crippen LogP contribution in [0.4, 0.5) is 0 Å². The highest BCUT2D eigenvalue weighted by Gasteiger charge is 2.34. The van der Waals surface area contributed by atoms with Crippen LogP contribution in [0.1, 0.15) is 57.3 Å². The fourth-order valence-corrected chi connectivity index (χ4v) is 6.63. The third kappa shape index (κ3) is 4.74. The van der Waals surface area contributed by atoms with Gasteiger partial charge in [-0.15, -0.1) is 13.2 Å². The van der Waals surface area contributed by atoms with Gasteiger partial charge in [0.1, 0.15) is 14.2 Å². The lowest BCUT2D eigenvalue weighted by Gasteiger charge is -2.37. The predicted molar refractivity (Wildman–Crippen MR) is 110 cm³/mol. The number of benzene rings is 1. The molecule has 1 aliphatic carbocycles. The number of carbonyl (C=O) groups excluding carboxylic acids is 1. The molecule has 1 aliphatic rings. The van der Waals surface area contributed by atoms with E-state index in [0.717, 1.165) is 18.9 Å². The number of rotatable bonds is 7. The first-order valence-corrected chi connectivity index (χ1v) is 11.9. The minimum absolute atomic E-state index is 0.0290. The Balaban J connectivity index is 2.00. The Hall–Kier alpha value is -1.65. The van der Waals surface area contributed by atoms with Gasteiger partial charge in [0.25, 0.3) is 0 Å². The molecule has 0 radical (unpaired) electrons. The Bertz CT molecular complexity index is 640. The molecule has 1 saturated carbocycles. The van der Waals surface area contributed by atoms with E-state index in [0.29, 0.717) is 11.5 Å². The maximum absolute atomic E-state index is 12.3. The second kappa shape index (κ2) is 8.36. The van der Waals surface area contributed by atoms with Gasteiger partial charge in [0.2, 0.25) is 0 Å². The summed E-state index contributed by atoms with van der Waals surface area (Å²) in [5.41, 5.74) is 4.79. The zero-order valence-electron chi connectivity index (χ0n) is 16.6. The Morgan fingerprint density at radius 1 is 1.23 bits per heavy atom. The fraction of sp³-hybridized carbons (Fsp3) is 0.500. The molecule has 0 bridgehead atoms. The van der Waals surface area contributed by atoms with Crippen molar-refractivity contribution in [3.8, 4) is 0 Å². The van der Waals surface area contributed by atoms with Crippen LogP contribution in [0.15, 0.2) is 48.8 Å². The van der Waals surface area contributed by atoms with E-state index in [-0.39, 0.29) is 11.5 Å². The van der Waals surface area contributed by atoms with Gasteiger partial charge in [-0.2, -0.15) is 4.89 Å². The first-order valence-electron chi connectivity index (χ1n) is 9.50. The van der Waals surface area contributed by atoms with Crippen LogP contribution in [-0.4, -0.2) is 20.1 Å². The molecule has 3 nitrogen and oxygen atoms in total. The summed E-state index contributed by atoms with van der Waals surface area (Å²) in [7, 11) is -1.88. The molecule has 142 valence electrons. The van der Waals surface area contributed by atoms with E-state index in [2.05, 4.69) is 40.9 Å². The number of hydrogen-bond donors (Lipinski definition) is 0. The third-order valence-corrected chi connectivity index (χ3v) is 9.61. The van der Waals surface area contributed by atoms with Crippen molar-refractivity contribution in [2.24, 2.45) is 11.3 Å². The van der Waals surface area contributed by atoms with Crippen molar-refractivity contribution in [1.29, 1.82) is 0 Å². The molecule has 0 N–H and O–H groups in total. The molecule has 0 saturated heterocycles. The molecule has 2 rings (SSSR count). The average Bonchev–Trinajstić information content (AvgIpc) is 2.60. The van der Waals surface area contributed by atoms with Gasteiger partial charge in [-0.05, 0) is 48.8 Å². The van der Waals surface area contributed by atoms with Crippen molar-refractivity contribution in [2.75, 3.05) is 0 Å². The molecule has 2 unspecified atom stereocenters. The highest BCUT2D eigenvalue weighted by molar-refractivity contribution is 6.99. The van der Waals surface area contributed by atoms with Crippen LogP contribution in [-0.2, 0) is 9.78 Å². The number of hydrogen-bond acceptors (Lipinski definition) is 3. The first kappa shape index (κ1) is 20.7. The summed E-state index contributed by atoms with van der Waals surface area (Å²) in [5, 5.41) is 1.20. The van der Waals surface area contributed by atoms with E-state index in [1.54, 1.807) is 12.1 Å². The van der Waals surface area contributed by atoms with E-state index >= 15 is 0 Å². The maximum Gasteiger partial charge on any atom is 0.373 e. The molecule has 2 atom stereocenters. The smallest absolute Gasteiger partial charge is 0.293 e. The lowest BCUT2D eigenvalue weighted by atomic mass is 9.71. The molecule has 1 fully saturated rings. The summed E-state index contributed by atoms with van der Waals surface area (Å²) in [6, 6.07) is 8.59. The number of carbonyl (C=O) groups is 1. The van der Waals surface area contributed by atoms with Crippen LogP contribution in [0.5, 0.6) is 0 Å². The molecule has 0 aromatic heterocycles. The molecule has 0 heterocycles. The molecule has 0 spiro atoms. The van der Waals surface area contributed by atoms with Crippen LogP contribution >= 0.6 is 0 Å². The Morgan fingerprint density at radius 2 is 1.85 bits per heavy atom. The van der Waals surface area contributed by atoms with Crippen molar-refractivity contribution in [3.05, 3.63) is 54.4 Å². The molecule has 0 amide bonds. The van der Waals surface area contributed by atoms with E-state index in [4.69, 9.17) is 9.78 Å². The minimum Gasteiger partial charge on any atom is -0.293 e. The summed E-state index contributed by atoms with van der Waals surface area (Å²) in [6.07, 6.45) is 2.99. The third-order valence-electron chi connectivity index (χ3n) is 5.58. The minimum atomic E-state index is -1.88. The van der Waals surface area contributed by atoms with Crippen molar-refractivity contribution in [2.45, 2.75) is 59.1 Å². The highest BCUT2D eigenvalue weighted by atomic mass is 28.3. The lowest BCUT2D eigenvalue weighted by molar-refractivity contribution is -0.287. The average molecular weight is 373 g/mol. The molecule has 0 aliphatic heterocycles. The van der Waals surface area contributed by atoms with Gasteiger partial charge in [-0.3, -0.25) is 4.89 Å². The Morgan fingerprint density at radius 3 is 2.35 bits per heavy atom. The van der Waals surface area contributed by atoms with Crippen LogP contribution in [0.25, 0.3) is 0 Å². The predicted octanol–water partition coefficient (Wildman–Crippen LogP) is 5.12. The largest absolute Gasteiger partial charge is 0.373 e. The highest BCUT2D eigenvalue weighted by Crippen LogP contribution is 2.39. The van der Waals surface area contributed by atoms with Crippen molar-refractivity contribution < 1.29 is 14.6 Å². The monoisotopic (exact) mass is 372 g/mol. The van der Waals surface area contributed by atoms with Gasteiger partial charge in [0, 0.05) is 0 Å².